The first-order valence-electron chi connectivity index (χ1n) is 4.43. The molecule has 0 amide bonds. The van der Waals surface area contributed by atoms with E-state index in [0.29, 0.717) is 6.29 Å². The Morgan fingerprint density at radius 3 is 2.62 bits per heavy atom. The molecule has 1 aromatic carbocycles. The fourth-order valence-electron chi connectivity index (χ4n) is 1.33. The standard InChI is InChI=1S/C11H9NO3.Na/c1-7-4-2-3-5-8(7)10-12-9(6-13)11(14)15-10;/h2-6,14H,1H3;/q;+1. The van der Waals surface area contributed by atoms with Gasteiger partial charge in [0, 0.05) is 5.56 Å². The van der Waals surface area contributed by atoms with Crippen LogP contribution in [0.3, 0.4) is 0 Å². The van der Waals surface area contributed by atoms with Gasteiger partial charge in [0.1, 0.15) is 0 Å². The first kappa shape index (κ1) is 13.0. The van der Waals surface area contributed by atoms with E-state index in [9.17, 15) is 9.90 Å². The number of aromatic nitrogens is 1. The van der Waals surface area contributed by atoms with E-state index in [-0.39, 0.29) is 41.1 Å². The van der Waals surface area contributed by atoms with E-state index in [1.165, 1.54) is 0 Å². The smallest absolute Gasteiger partial charge is 0.479 e. The van der Waals surface area contributed by atoms with Crippen molar-refractivity contribution in [2.75, 3.05) is 0 Å². The average Bonchev–Trinajstić information content (AvgIpc) is 2.60. The molecule has 0 saturated carbocycles. The summed E-state index contributed by atoms with van der Waals surface area (Å²) in [6.45, 7) is 1.90. The number of nitrogens with zero attached hydrogens (tertiary/aromatic N) is 1. The number of oxazole rings is 1. The molecule has 0 aliphatic carbocycles. The summed E-state index contributed by atoms with van der Waals surface area (Å²) >= 11 is 0. The molecular formula is C11H9NNaO3+. The van der Waals surface area contributed by atoms with Crippen LogP contribution in [0, 0.1) is 6.92 Å². The summed E-state index contributed by atoms with van der Waals surface area (Å²) < 4.78 is 4.99. The van der Waals surface area contributed by atoms with Gasteiger partial charge in [-0.1, -0.05) is 18.2 Å². The van der Waals surface area contributed by atoms with Gasteiger partial charge in [0.25, 0.3) is 0 Å². The molecule has 1 heterocycles. The zero-order chi connectivity index (χ0) is 10.8. The first-order chi connectivity index (χ1) is 7.22. The maximum Gasteiger partial charge on any atom is 1.00 e. The summed E-state index contributed by atoms with van der Waals surface area (Å²) in [5, 5.41) is 9.22. The van der Waals surface area contributed by atoms with Crippen LogP contribution in [-0.4, -0.2) is 16.4 Å². The Morgan fingerprint density at radius 2 is 2.06 bits per heavy atom. The molecule has 1 aromatic heterocycles. The van der Waals surface area contributed by atoms with Crippen molar-refractivity contribution in [1.82, 2.24) is 4.98 Å². The van der Waals surface area contributed by atoms with Crippen LogP contribution in [0.15, 0.2) is 28.7 Å². The Morgan fingerprint density at radius 1 is 1.38 bits per heavy atom. The molecule has 0 aliphatic rings. The van der Waals surface area contributed by atoms with Crippen LogP contribution in [0.2, 0.25) is 0 Å². The minimum Gasteiger partial charge on any atom is -0.479 e. The quantitative estimate of drug-likeness (QED) is 0.536. The minimum atomic E-state index is -0.441. The second-order valence-electron chi connectivity index (χ2n) is 3.14. The van der Waals surface area contributed by atoms with Crippen LogP contribution in [0.25, 0.3) is 11.5 Å². The van der Waals surface area contributed by atoms with Gasteiger partial charge in [-0.15, -0.1) is 0 Å². The summed E-state index contributed by atoms with van der Waals surface area (Å²) in [5.74, 6) is -0.184. The summed E-state index contributed by atoms with van der Waals surface area (Å²) in [7, 11) is 0. The van der Waals surface area contributed by atoms with Crippen LogP contribution in [-0.2, 0) is 0 Å². The fraction of sp³-hybridized carbons (Fsp3) is 0.0909. The third kappa shape index (κ3) is 2.35. The Bertz CT molecular complexity index is 508. The van der Waals surface area contributed by atoms with Crippen LogP contribution in [0.5, 0.6) is 5.95 Å². The van der Waals surface area contributed by atoms with E-state index >= 15 is 0 Å². The van der Waals surface area contributed by atoms with Gasteiger partial charge in [0.05, 0.1) is 0 Å². The van der Waals surface area contributed by atoms with Crippen molar-refractivity contribution >= 4 is 6.29 Å². The van der Waals surface area contributed by atoms with Crippen LogP contribution in [0.1, 0.15) is 16.1 Å². The fourth-order valence-corrected chi connectivity index (χ4v) is 1.33. The maximum absolute atomic E-state index is 10.5. The molecule has 0 atom stereocenters. The number of hydrogen-bond donors (Lipinski definition) is 1. The Balaban J connectivity index is 0.00000128. The Labute approximate surface area is 115 Å². The zero-order valence-electron chi connectivity index (χ0n) is 9.10. The van der Waals surface area contributed by atoms with E-state index in [2.05, 4.69) is 4.98 Å². The van der Waals surface area contributed by atoms with Crippen molar-refractivity contribution in [2.24, 2.45) is 0 Å². The zero-order valence-corrected chi connectivity index (χ0v) is 11.1. The second-order valence-corrected chi connectivity index (χ2v) is 3.14. The van der Waals surface area contributed by atoms with Gasteiger partial charge in [-0.2, -0.15) is 0 Å². The molecule has 2 rings (SSSR count). The first-order valence-corrected chi connectivity index (χ1v) is 4.43. The van der Waals surface area contributed by atoms with Gasteiger partial charge in [-0.25, -0.2) is 4.98 Å². The van der Waals surface area contributed by atoms with Gasteiger partial charge in [0.15, 0.2) is 12.0 Å². The van der Waals surface area contributed by atoms with Crippen molar-refractivity contribution in [2.45, 2.75) is 6.92 Å². The molecule has 0 aliphatic heterocycles. The van der Waals surface area contributed by atoms with E-state index in [0.717, 1.165) is 11.1 Å². The summed E-state index contributed by atoms with van der Waals surface area (Å²) in [5.41, 5.74) is 1.66. The maximum atomic E-state index is 10.5. The molecule has 0 unspecified atom stereocenters. The molecule has 16 heavy (non-hydrogen) atoms. The summed E-state index contributed by atoms with van der Waals surface area (Å²) in [6, 6.07) is 7.44. The van der Waals surface area contributed by atoms with E-state index in [1.54, 1.807) is 0 Å². The van der Waals surface area contributed by atoms with Gasteiger partial charge in [-0.3, -0.25) is 4.79 Å². The van der Waals surface area contributed by atoms with Gasteiger partial charge < -0.3 is 9.52 Å². The third-order valence-corrected chi connectivity index (χ3v) is 2.12. The molecule has 0 radical (unpaired) electrons. The topological polar surface area (TPSA) is 63.3 Å². The number of rotatable bonds is 2. The molecule has 76 valence electrons. The molecule has 0 fully saturated rings. The number of carbonyl (C=O) groups excluding carboxylic acids is 1. The number of aldehydes is 1. The number of carbonyl (C=O) groups is 1. The molecule has 2 aromatic rings. The molecule has 0 saturated heterocycles. The summed E-state index contributed by atoms with van der Waals surface area (Å²) in [4.78, 5) is 14.3. The molecule has 0 spiro atoms. The minimum absolute atomic E-state index is 0. The van der Waals surface area contributed by atoms with Crippen LogP contribution < -0.4 is 29.6 Å². The monoisotopic (exact) mass is 226 g/mol. The van der Waals surface area contributed by atoms with E-state index < -0.39 is 5.95 Å². The molecule has 1 N–H and O–H groups in total. The molecule has 5 heteroatoms. The molecule has 4 nitrogen and oxygen atoms in total. The largest absolute Gasteiger partial charge is 1.00 e. The number of aryl methyl sites for hydroxylation is 1. The third-order valence-electron chi connectivity index (χ3n) is 2.12. The van der Waals surface area contributed by atoms with E-state index in [4.69, 9.17) is 4.42 Å². The number of aromatic hydroxyl groups is 1. The summed E-state index contributed by atoms with van der Waals surface area (Å²) in [6.07, 6.45) is 0.459. The average molecular weight is 226 g/mol. The number of benzene rings is 1. The molecule has 0 bridgehead atoms. The van der Waals surface area contributed by atoms with Crippen LogP contribution >= 0.6 is 0 Å². The predicted molar refractivity (Wildman–Crippen MR) is 53.7 cm³/mol. The van der Waals surface area contributed by atoms with Crippen molar-refractivity contribution in [3.05, 3.63) is 35.5 Å². The Kier molecular flexibility index (Phi) is 4.29. The second kappa shape index (κ2) is 5.30. The van der Waals surface area contributed by atoms with Gasteiger partial charge in [0.2, 0.25) is 5.89 Å². The molecular weight excluding hydrogens is 217 g/mol. The van der Waals surface area contributed by atoms with Gasteiger partial charge in [-0.05, 0) is 18.6 Å². The SMILES string of the molecule is Cc1ccccc1-c1nc(C=O)c(O)o1.[Na+]. The van der Waals surface area contributed by atoms with Crippen molar-refractivity contribution in [3.8, 4) is 17.4 Å². The van der Waals surface area contributed by atoms with Crippen LogP contribution in [0.4, 0.5) is 0 Å². The normalized spacial score (nSPS) is 9.56. The predicted octanol–water partition coefficient (Wildman–Crippen LogP) is -0.828. The van der Waals surface area contributed by atoms with Crippen molar-refractivity contribution < 1.29 is 43.9 Å². The van der Waals surface area contributed by atoms with Crippen molar-refractivity contribution in [3.63, 3.8) is 0 Å². The van der Waals surface area contributed by atoms with Gasteiger partial charge >= 0.3 is 35.5 Å². The van der Waals surface area contributed by atoms with E-state index in [1.807, 2.05) is 31.2 Å². The van der Waals surface area contributed by atoms with Crippen molar-refractivity contribution in [1.29, 1.82) is 0 Å². The Hall–Kier alpha value is -1.10. The number of hydrogen-bond acceptors (Lipinski definition) is 4.